The fraction of sp³-hybridized carbons (Fsp3) is 0.500. The number of phenols is 1. The van der Waals surface area contributed by atoms with Crippen LogP contribution in [0.4, 0.5) is 4.39 Å². The molecular weight excluding hydrogens is 396 g/mol. The van der Waals surface area contributed by atoms with Crippen LogP contribution >= 0.6 is 24.8 Å². The number of hydrogen-bond donors (Lipinski definition) is 1. The summed E-state index contributed by atoms with van der Waals surface area (Å²) in [5.74, 6) is -1.58. The van der Waals surface area contributed by atoms with Gasteiger partial charge in [-0.15, -0.1) is 24.8 Å². The molecule has 0 atom stereocenters. The molecule has 1 aromatic carbocycles. The Bertz CT molecular complexity index is 807. The van der Waals surface area contributed by atoms with Crippen LogP contribution in [0.2, 0.25) is 0 Å². The summed E-state index contributed by atoms with van der Waals surface area (Å²) < 4.78 is 21.3. The lowest BCUT2D eigenvalue weighted by Gasteiger charge is -2.14. The van der Waals surface area contributed by atoms with Crippen LogP contribution in [-0.4, -0.2) is 60.2 Å². The second-order valence-corrected chi connectivity index (χ2v) is 6.66. The number of nitrogens with zero attached hydrogens (tertiary/aromatic N) is 3. The number of aromatic nitrogens is 1. The molecule has 2 aromatic rings. The molecule has 0 saturated heterocycles. The molecule has 0 saturated carbocycles. The van der Waals surface area contributed by atoms with Gasteiger partial charge in [-0.25, -0.2) is 9.18 Å². The average Bonchev–Trinajstić information content (AvgIpc) is 2.76. The highest BCUT2D eigenvalue weighted by molar-refractivity contribution is 6.08. The van der Waals surface area contributed by atoms with Crippen molar-refractivity contribution in [2.24, 2.45) is 7.05 Å². The molecule has 0 unspecified atom stereocenters. The standard InChI is InChI=1S/C18H26FN3O3.2ClH/c1-7-25-18(24)16-14(10-21(4)5)22(6)13-8-12(19)17(23)11(15(13)16)9-20(2)3;;/h8,23H,7,9-10H2,1-6H3;2*1H. The van der Waals surface area contributed by atoms with Crippen LogP contribution in [0, 0.1) is 5.82 Å². The van der Waals surface area contributed by atoms with Gasteiger partial charge in [-0.2, -0.15) is 0 Å². The number of hydrogen-bond acceptors (Lipinski definition) is 5. The van der Waals surface area contributed by atoms with Gasteiger partial charge in [0.05, 0.1) is 17.7 Å². The van der Waals surface area contributed by atoms with Crippen molar-refractivity contribution in [2.75, 3.05) is 34.8 Å². The minimum atomic E-state index is -0.697. The van der Waals surface area contributed by atoms with Crippen LogP contribution in [0.5, 0.6) is 5.75 Å². The van der Waals surface area contributed by atoms with E-state index in [4.69, 9.17) is 4.74 Å². The number of benzene rings is 1. The van der Waals surface area contributed by atoms with Crippen molar-refractivity contribution >= 4 is 41.7 Å². The van der Waals surface area contributed by atoms with Crippen molar-refractivity contribution < 1.29 is 19.0 Å². The predicted molar refractivity (Wildman–Crippen MR) is 110 cm³/mol. The summed E-state index contributed by atoms with van der Waals surface area (Å²) in [5, 5.41) is 10.8. The summed E-state index contributed by atoms with van der Waals surface area (Å²) >= 11 is 0. The highest BCUT2D eigenvalue weighted by Crippen LogP contribution is 2.37. The van der Waals surface area contributed by atoms with E-state index in [1.165, 1.54) is 6.07 Å². The van der Waals surface area contributed by atoms with E-state index in [1.54, 1.807) is 18.5 Å². The van der Waals surface area contributed by atoms with E-state index in [1.807, 2.05) is 38.0 Å². The molecule has 9 heteroatoms. The molecule has 0 aliphatic rings. The van der Waals surface area contributed by atoms with Gasteiger partial charge in [-0.05, 0) is 35.1 Å². The highest BCUT2D eigenvalue weighted by Gasteiger charge is 2.27. The molecule has 1 heterocycles. The first-order chi connectivity index (χ1) is 11.7. The minimum Gasteiger partial charge on any atom is -0.505 e. The van der Waals surface area contributed by atoms with Gasteiger partial charge in [0.2, 0.25) is 0 Å². The van der Waals surface area contributed by atoms with E-state index in [0.29, 0.717) is 35.1 Å². The SMILES string of the molecule is CCOC(=O)c1c(CN(C)C)n(C)c2cc(F)c(O)c(CN(C)C)c12.Cl.Cl. The summed E-state index contributed by atoms with van der Waals surface area (Å²) in [6.07, 6.45) is 0. The van der Waals surface area contributed by atoms with Crippen LogP contribution < -0.4 is 0 Å². The van der Waals surface area contributed by atoms with Crippen LogP contribution in [0.15, 0.2) is 6.07 Å². The monoisotopic (exact) mass is 423 g/mol. The van der Waals surface area contributed by atoms with Crippen molar-refractivity contribution in [3.63, 3.8) is 0 Å². The molecule has 2 rings (SSSR count). The molecule has 1 aromatic heterocycles. The summed E-state index contributed by atoms with van der Waals surface area (Å²) in [6, 6.07) is 1.27. The summed E-state index contributed by atoms with van der Waals surface area (Å²) in [5.41, 5.74) is 2.07. The van der Waals surface area contributed by atoms with Gasteiger partial charge in [-0.1, -0.05) is 0 Å². The van der Waals surface area contributed by atoms with E-state index >= 15 is 0 Å². The number of phenolic OH excluding ortho intramolecular Hbond substituents is 1. The van der Waals surface area contributed by atoms with Crippen molar-refractivity contribution in [1.82, 2.24) is 14.4 Å². The maximum atomic E-state index is 14.3. The molecule has 0 amide bonds. The van der Waals surface area contributed by atoms with Gasteiger partial charge in [-0.3, -0.25) is 0 Å². The molecule has 0 spiro atoms. The summed E-state index contributed by atoms with van der Waals surface area (Å²) in [4.78, 5) is 16.4. The number of esters is 1. The number of carbonyl (C=O) groups is 1. The molecule has 154 valence electrons. The molecule has 0 radical (unpaired) electrons. The lowest BCUT2D eigenvalue weighted by molar-refractivity contribution is 0.0526. The Morgan fingerprint density at radius 2 is 1.74 bits per heavy atom. The Morgan fingerprint density at radius 3 is 2.22 bits per heavy atom. The maximum absolute atomic E-state index is 14.3. The molecule has 0 aliphatic carbocycles. The third-order valence-corrected chi connectivity index (χ3v) is 4.06. The molecule has 0 aliphatic heterocycles. The molecule has 1 N–H and O–H groups in total. The van der Waals surface area contributed by atoms with E-state index in [0.717, 1.165) is 5.69 Å². The molecule has 6 nitrogen and oxygen atoms in total. The number of rotatable bonds is 6. The number of aryl methyl sites for hydroxylation is 1. The second-order valence-electron chi connectivity index (χ2n) is 6.66. The zero-order valence-electron chi connectivity index (χ0n) is 16.5. The Balaban J connectivity index is 0.00000338. The molecule has 27 heavy (non-hydrogen) atoms. The van der Waals surface area contributed by atoms with Gasteiger partial charge < -0.3 is 24.2 Å². The number of halogens is 3. The zero-order valence-corrected chi connectivity index (χ0v) is 18.1. The predicted octanol–water partition coefficient (Wildman–Crippen LogP) is 3.17. The first kappa shape index (κ1) is 25.5. The van der Waals surface area contributed by atoms with Crippen molar-refractivity contribution in [3.05, 3.63) is 28.7 Å². The van der Waals surface area contributed by atoms with E-state index in [2.05, 4.69) is 0 Å². The van der Waals surface area contributed by atoms with Gasteiger partial charge in [0, 0.05) is 42.8 Å². The molecular formula is C18H28Cl2FN3O3. The largest absolute Gasteiger partial charge is 0.505 e. The quantitative estimate of drug-likeness (QED) is 0.722. The van der Waals surface area contributed by atoms with Gasteiger partial charge in [0.1, 0.15) is 0 Å². The van der Waals surface area contributed by atoms with E-state index in [-0.39, 0.29) is 31.4 Å². The van der Waals surface area contributed by atoms with Crippen molar-refractivity contribution in [3.8, 4) is 5.75 Å². The summed E-state index contributed by atoms with van der Waals surface area (Å²) in [6.45, 7) is 2.78. The maximum Gasteiger partial charge on any atom is 0.340 e. The molecule has 0 fully saturated rings. The average molecular weight is 424 g/mol. The fourth-order valence-electron chi connectivity index (χ4n) is 3.06. The smallest absolute Gasteiger partial charge is 0.340 e. The van der Waals surface area contributed by atoms with Crippen LogP contribution in [0.25, 0.3) is 10.9 Å². The van der Waals surface area contributed by atoms with Crippen LogP contribution in [0.3, 0.4) is 0 Å². The Morgan fingerprint density at radius 1 is 1.19 bits per heavy atom. The topological polar surface area (TPSA) is 57.9 Å². The lowest BCUT2D eigenvalue weighted by Crippen LogP contribution is -2.17. The van der Waals surface area contributed by atoms with Crippen molar-refractivity contribution in [2.45, 2.75) is 20.0 Å². The van der Waals surface area contributed by atoms with E-state index in [9.17, 15) is 14.3 Å². The third-order valence-electron chi connectivity index (χ3n) is 4.06. The normalized spacial score (nSPS) is 10.9. The third kappa shape index (κ3) is 5.04. The minimum absolute atomic E-state index is 0. The van der Waals surface area contributed by atoms with Gasteiger partial charge in [0.25, 0.3) is 0 Å². The van der Waals surface area contributed by atoms with Crippen LogP contribution in [-0.2, 0) is 24.9 Å². The lowest BCUT2D eigenvalue weighted by atomic mass is 10.0. The van der Waals surface area contributed by atoms with Crippen LogP contribution in [0.1, 0.15) is 28.5 Å². The number of ether oxygens (including phenoxy) is 1. The Labute approximate surface area is 171 Å². The first-order valence-corrected chi connectivity index (χ1v) is 8.17. The van der Waals surface area contributed by atoms with E-state index < -0.39 is 17.5 Å². The fourth-order valence-corrected chi connectivity index (χ4v) is 3.06. The second kappa shape index (κ2) is 10.1. The number of carbonyl (C=O) groups excluding carboxylic acids is 1. The number of aromatic hydroxyl groups is 1. The van der Waals surface area contributed by atoms with Gasteiger partial charge in [0.15, 0.2) is 11.6 Å². The number of fused-ring (bicyclic) bond motifs is 1. The van der Waals surface area contributed by atoms with Crippen molar-refractivity contribution in [1.29, 1.82) is 0 Å². The van der Waals surface area contributed by atoms with Gasteiger partial charge >= 0.3 is 5.97 Å². The highest BCUT2D eigenvalue weighted by atomic mass is 35.5. The first-order valence-electron chi connectivity index (χ1n) is 8.17. The Kier molecular flexibility index (Phi) is 9.55. The Hall–Kier alpha value is -1.54. The summed E-state index contributed by atoms with van der Waals surface area (Å²) in [7, 11) is 9.23. The zero-order chi connectivity index (χ0) is 18.9. The molecule has 0 bridgehead atoms.